The Morgan fingerprint density at radius 3 is 2.76 bits per heavy atom. The molecule has 1 atom stereocenters. The third kappa shape index (κ3) is 6.81. The Balaban J connectivity index is 2.41. The van der Waals surface area contributed by atoms with Crippen molar-refractivity contribution in [1.29, 1.82) is 0 Å². The quantitative estimate of drug-likeness (QED) is 0.447. The zero-order valence-corrected chi connectivity index (χ0v) is 14.0. The summed E-state index contributed by atoms with van der Waals surface area (Å²) in [6.45, 7) is 12.1. The Morgan fingerprint density at radius 1 is 1.29 bits per heavy atom. The first kappa shape index (κ1) is 17.8. The maximum atomic E-state index is 5.89. The van der Waals surface area contributed by atoms with Gasteiger partial charge in [0.25, 0.3) is 0 Å². The SMILES string of the molecule is C=CCCCCCOc1ccc(C(C)NCCC)cc1C. The molecule has 0 aliphatic carbocycles. The van der Waals surface area contributed by atoms with Crippen LogP contribution in [0.4, 0.5) is 0 Å². The molecule has 0 bridgehead atoms. The Hall–Kier alpha value is -1.28. The third-order valence-corrected chi connectivity index (χ3v) is 3.71. The number of hydrogen-bond acceptors (Lipinski definition) is 2. The molecule has 1 aromatic carbocycles. The van der Waals surface area contributed by atoms with Crippen molar-refractivity contribution in [2.24, 2.45) is 0 Å². The first-order valence-electron chi connectivity index (χ1n) is 8.26. The number of nitrogens with one attached hydrogen (secondary N) is 1. The van der Waals surface area contributed by atoms with Gasteiger partial charge in [0.1, 0.15) is 5.75 Å². The number of aryl methyl sites for hydroxylation is 1. The zero-order valence-electron chi connectivity index (χ0n) is 14.0. The van der Waals surface area contributed by atoms with Gasteiger partial charge in [0.05, 0.1) is 6.61 Å². The van der Waals surface area contributed by atoms with E-state index >= 15 is 0 Å². The molecule has 1 rings (SSSR count). The summed E-state index contributed by atoms with van der Waals surface area (Å²) in [5.74, 6) is 1.02. The molecule has 0 aromatic heterocycles. The van der Waals surface area contributed by atoms with Crippen LogP contribution in [-0.4, -0.2) is 13.2 Å². The van der Waals surface area contributed by atoms with E-state index in [-0.39, 0.29) is 0 Å². The summed E-state index contributed by atoms with van der Waals surface area (Å²) in [6.07, 6.45) is 7.79. The molecule has 21 heavy (non-hydrogen) atoms. The van der Waals surface area contributed by atoms with Gasteiger partial charge in [0.15, 0.2) is 0 Å². The lowest BCUT2D eigenvalue weighted by Gasteiger charge is -2.16. The van der Waals surface area contributed by atoms with E-state index in [9.17, 15) is 0 Å². The molecule has 0 aliphatic heterocycles. The average molecular weight is 289 g/mol. The van der Waals surface area contributed by atoms with Crippen molar-refractivity contribution < 1.29 is 4.74 Å². The molecule has 1 N–H and O–H groups in total. The van der Waals surface area contributed by atoms with Crippen LogP contribution >= 0.6 is 0 Å². The molecule has 0 heterocycles. The van der Waals surface area contributed by atoms with E-state index in [1.165, 1.54) is 24.0 Å². The second-order valence-corrected chi connectivity index (χ2v) is 5.69. The van der Waals surface area contributed by atoms with Crippen LogP contribution in [0.25, 0.3) is 0 Å². The van der Waals surface area contributed by atoms with Gasteiger partial charge in [-0.25, -0.2) is 0 Å². The molecule has 0 fully saturated rings. The van der Waals surface area contributed by atoms with Crippen LogP contribution in [0.2, 0.25) is 0 Å². The van der Waals surface area contributed by atoms with Gasteiger partial charge >= 0.3 is 0 Å². The van der Waals surface area contributed by atoms with Gasteiger partial charge in [-0.15, -0.1) is 6.58 Å². The van der Waals surface area contributed by atoms with Gasteiger partial charge in [-0.1, -0.05) is 25.1 Å². The standard InChI is InChI=1S/C19H31NO/c1-5-7-8-9-10-14-21-19-12-11-18(15-16(19)3)17(4)20-13-6-2/h5,11-12,15,17,20H,1,6-10,13-14H2,2-4H3. The van der Waals surface area contributed by atoms with Gasteiger partial charge in [-0.2, -0.15) is 0 Å². The third-order valence-electron chi connectivity index (χ3n) is 3.71. The maximum Gasteiger partial charge on any atom is 0.122 e. The van der Waals surface area contributed by atoms with Crippen molar-refractivity contribution in [2.45, 2.75) is 58.9 Å². The molecule has 2 heteroatoms. The lowest BCUT2D eigenvalue weighted by Crippen LogP contribution is -2.19. The minimum atomic E-state index is 0.400. The van der Waals surface area contributed by atoms with Gasteiger partial charge in [0.2, 0.25) is 0 Å². The van der Waals surface area contributed by atoms with Crippen LogP contribution in [0.3, 0.4) is 0 Å². The molecular weight excluding hydrogens is 258 g/mol. The van der Waals surface area contributed by atoms with Gasteiger partial charge in [-0.05, 0) is 69.7 Å². The predicted molar refractivity (Wildman–Crippen MR) is 92.0 cm³/mol. The normalized spacial score (nSPS) is 12.1. The number of allylic oxidation sites excluding steroid dienone is 1. The fourth-order valence-corrected chi connectivity index (χ4v) is 2.33. The number of rotatable bonds is 11. The van der Waals surface area contributed by atoms with Crippen molar-refractivity contribution >= 4 is 0 Å². The summed E-state index contributed by atoms with van der Waals surface area (Å²) >= 11 is 0. The summed E-state index contributed by atoms with van der Waals surface area (Å²) in [5.41, 5.74) is 2.56. The van der Waals surface area contributed by atoms with Crippen LogP contribution in [-0.2, 0) is 0 Å². The summed E-state index contributed by atoms with van der Waals surface area (Å²) in [6, 6.07) is 6.92. The van der Waals surface area contributed by atoms with E-state index in [1.54, 1.807) is 0 Å². The molecule has 1 unspecified atom stereocenters. The van der Waals surface area contributed by atoms with Crippen LogP contribution in [0.5, 0.6) is 5.75 Å². The van der Waals surface area contributed by atoms with Gasteiger partial charge < -0.3 is 10.1 Å². The smallest absolute Gasteiger partial charge is 0.122 e. The highest BCUT2D eigenvalue weighted by molar-refractivity contribution is 5.37. The van der Waals surface area contributed by atoms with Crippen LogP contribution in [0.15, 0.2) is 30.9 Å². The van der Waals surface area contributed by atoms with Crippen LogP contribution < -0.4 is 10.1 Å². The predicted octanol–water partition coefficient (Wildman–Crippen LogP) is 5.18. The molecule has 0 spiro atoms. The van der Waals surface area contributed by atoms with Crippen molar-refractivity contribution in [3.63, 3.8) is 0 Å². The summed E-state index contributed by atoms with van der Waals surface area (Å²) in [4.78, 5) is 0. The van der Waals surface area contributed by atoms with Crippen molar-refractivity contribution in [3.05, 3.63) is 42.0 Å². The Labute approximate surface area is 130 Å². The molecule has 0 aliphatic rings. The highest BCUT2D eigenvalue weighted by Crippen LogP contribution is 2.23. The largest absolute Gasteiger partial charge is 0.493 e. The molecule has 0 saturated carbocycles. The monoisotopic (exact) mass is 289 g/mol. The van der Waals surface area contributed by atoms with Crippen molar-refractivity contribution in [3.8, 4) is 5.75 Å². The Morgan fingerprint density at radius 2 is 2.10 bits per heavy atom. The van der Waals surface area contributed by atoms with E-state index in [0.29, 0.717) is 6.04 Å². The second-order valence-electron chi connectivity index (χ2n) is 5.69. The molecule has 118 valence electrons. The number of ether oxygens (including phenoxy) is 1. The average Bonchev–Trinajstić information content (AvgIpc) is 2.49. The summed E-state index contributed by atoms with van der Waals surface area (Å²) in [5, 5.41) is 3.52. The molecule has 2 nitrogen and oxygen atoms in total. The first-order chi connectivity index (χ1) is 10.2. The lowest BCUT2D eigenvalue weighted by atomic mass is 10.0. The molecule has 0 amide bonds. The number of hydrogen-bond donors (Lipinski definition) is 1. The van der Waals surface area contributed by atoms with E-state index in [0.717, 1.165) is 38.2 Å². The highest BCUT2D eigenvalue weighted by atomic mass is 16.5. The number of benzene rings is 1. The van der Waals surface area contributed by atoms with Gasteiger partial charge in [-0.3, -0.25) is 0 Å². The van der Waals surface area contributed by atoms with E-state index in [2.05, 4.69) is 50.9 Å². The fourth-order valence-electron chi connectivity index (χ4n) is 2.33. The van der Waals surface area contributed by atoms with Crippen molar-refractivity contribution in [2.75, 3.05) is 13.2 Å². The zero-order chi connectivity index (χ0) is 15.5. The summed E-state index contributed by atoms with van der Waals surface area (Å²) in [7, 11) is 0. The fraction of sp³-hybridized carbons (Fsp3) is 0.579. The van der Waals surface area contributed by atoms with E-state index in [1.807, 2.05) is 6.08 Å². The Kier molecular flexibility index (Phi) is 8.84. The van der Waals surface area contributed by atoms with Gasteiger partial charge in [0, 0.05) is 6.04 Å². The molecule has 0 saturated heterocycles. The minimum Gasteiger partial charge on any atom is -0.493 e. The molecule has 1 aromatic rings. The van der Waals surface area contributed by atoms with E-state index in [4.69, 9.17) is 4.74 Å². The second kappa shape index (κ2) is 10.4. The highest BCUT2D eigenvalue weighted by Gasteiger charge is 2.07. The first-order valence-corrected chi connectivity index (χ1v) is 8.26. The van der Waals surface area contributed by atoms with E-state index < -0.39 is 0 Å². The van der Waals surface area contributed by atoms with Crippen molar-refractivity contribution in [1.82, 2.24) is 5.32 Å². The van der Waals surface area contributed by atoms with Crippen LogP contribution in [0, 0.1) is 6.92 Å². The Bertz CT molecular complexity index is 414. The topological polar surface area (TPSA) is 21.3 Å². The summed E-state index contributed by atoms with van der Waals surface area (Å²) < 4.78 is 5.89. The minimum absolute atomic E-state index is 0.400. The molecular formula is C19H31NO. The molecule has 0 radical (unpaired) electrons. The number of unbranched alkanes of at least 4 members (excludes halogenated alkanes) is 3. The van der Waals surface area contributed by atoms with Crippen LogP contribution in [0.1, 0.15) is 63.1 Å². The maximum absolute atomic E-state index is 5.89. The lowest BCUT2D eigenvalue weighted by molar-refractivity contribution is 0.303.